The maximum Gasteiger partial charge on any atom is 0.109 e. The molecule has 0 atom stereocenters. The fraction of sp³-hybridized carbons (Fsp3) is 0.500. The zero-order valence-electron chi connectivity index (χ0n) is 5.72. The maximum atomic E-state index is 5.48. The first-order chi connectivity index (χ1) is 4.83. The van der Waals surface area contributed by atoms with Crippen LogP contribution >= 0.6 is 22.9 Å². The van der Waals surface area contributed by atoms with Crippen LogP contribution in [0, 0.1) is 6.92 Å². The highest BCUT2D eigenvalue weighted by Crippen LogP contribution is 2.16. The van der Waals surface area contributed by atoms with Gasteiger partial charge in [-0.05, 0) is 6.92 Å². The van der Waals surface area contributed by atoms with Crippen LogP contribution in [0.4, 0.5) is 5.00 Å². The first-order valence-corrected chi connectivity index (χ1v) is 4.40. The summed E-state index contributed by atoms with van der Waals surface area (Å²) in [5, 5.41) is 5.32. The number of alkyl halides is 1. The maximum absolute atomic E-state index is 5.48. The van der Waals surface area contributed by atoms with Gasteiger partial charge in [-0.3, -0.25) is 0 Å². The molecule has 0 amide bonds. The summed E-state index contributed by atoms with van der Waals surface area (Å²) < 4.78 is 0. The Morgan fingerprint density at radius 2 is 2.60 bits per heavy atom. The Kier molecular flexibility index (Phi) is 2.96. The van der Waals surface area contributed by atoms with E-state index in [9.17, 15) is 0 Å². The van der Waals surface area contributed by atoms with Crippen molar-refractivity contribution in [2.75, 3.05) is 17.7 Å². The predicted molar refractivity (Wildman–Crippen MR) is 46.1 cm³/mol. The van der Waals surface area contributed by atoms with Crippen LogP contribution in [0.3, 0.4) is 0 Å². The minimum atomic E-state index is 0.636. The van der Waals surface area contributed by atoms with Gasteiger partial charge in [0.2, 0.25) is 0 Å². The van der Waals surface area contributed by atoms with Crippen molar-refractivity contribution in [1.82, 2.24) is 4.98 Å². The Hall–Kier alpha value is -0.280. The molecule has 0 aliphatic rings. The zero-order chi connectivity index (χ0) is 7.40. The number of hydrogen-bond acceptors (Lipinski definition) is 3. The molecular weight excluding hydrogens is 168 g/mol. The fourth-order valence-corrected chi connectivity index (χ4v) is 1.41. The summed E-state index contributed by atoms with van der Waals surface area (Å²) in [4.78, 5) is 4.08. The average Bonchev–Trinajstić information content (AvgIpc) is 2.31. The Bertz CT molecular complexity index is 199. The normalized spacial score (nSPS) is 9.80. The monoisotopic (exact) mass is 176 g/mol. The van der Waals surface area contributed by atoms with Gasteiger partial charge < -0.3 is 5.32 Å². The van der Waals surface area contributed by atoms with Crippen LogP contribution in [-0.4, -0.2) is 17.4 Å². The second-order valence-electron chi connectivity index (χ2n) is 1.86. The number of thiazole rings is 1. The molecule has 1 aromatic rings. The van der Waals surface area contributed by atoms with Crippen LogP contribution in [0.2, 0.25) is 0 Å². The number of aromatic nitrogens is 1. The van der Waals surface area contributed by atoms with Crippen molar-refractivity contribution in [3.05, 3.63) is 11.2 Å². The molecule has 0 bridgehead atoms. The van der Waals surface area contributed by atoms with Crippen molar-refractivity contribution in [3.8, 4) is 0 Å². The van der Waals surface area contributed by atoms with Gasteiger partial charge in [0, 0.05) is 12.4 Å². The summed E-state index contributed by atoms with van der Waals surface area (Å²) in [6, 6.07) is 0. The molecule has 4 heteroatoms. The molecule has 1 N–H and O–H groups in total. The van der Waals surface area contributed by atoms with E-state index in [1.165, 1.54) is 0 Å². The number of aryl methyl sites for hydroxylation is 1. The van der Waals surface area contributed by atoms with Crippen LogP contribution in [-0.2, 0) is 0 Å². The zero-order valence-corrected chi connectivity index (χ0v) is 7.30. The fourth-order valence-electron chi connectivity index (χ4n) is 0.614. The standard InChI is InChI=1S/C6H9ClN2S/c1-5-9-4-6(10-5)8-3-2-7/h4,8H,2-3H2,1H3. The van der Waals surface area contributed by atoms with Gasteiger partial charge in [0.05, 0.1) is 11.2 Å². The summed E-state index contributed by atoms with van der Waals surface area (Å²) >= 11 is 7.13. The molecule has 1 heterocycles. The van der Waals surface area contributed by atoms with Crippen molar-refractivity contribution in [2.45, 2.75) is 6.92 Å². The third kappa shape index (κ3) is 2.15. The van der Waals surface area contributed by atoms with Crippen molar-refractivity contribution >= 4 is 27.9 Å². The molecule has 0 radical (unpaired) electrons. The molecule has 0 saturated heterocycles. The molecule has 0 saturated carbocycles. The molecule has 0 unspecified atom stereocenters. The first-order valence-electron chi connectivity index (χ1n) is 3.05. The second-order valence-corrected chi connectivity index (χ2v) is 3.47. The molecule has 56 valence electrons. The van der Waals surface area contributed by atoms with Crippen LogP contribution in [0.25, 0.3) is 0 Å². The number of halogens is 1. The highest BCUT2D eigenvalue weighted by Gasteiger charge is 1.93. The van der Waals surface area contributed by atoms with E-state index >= 15 is 0 Å². The Morgan fingerprint density at radius 1 is 1.80 bits per heavy atom. The molecule has 2 nitrogen and oxygen atoms in total. The van der Waals surface area contributed by atoms with Gasteiger partial charge in [0.15, 0.2) is 0 Å². The second kappa shape index (κ2) is 3.78. The summed E-state index contributed by atoms with van der Waals surface area (Å²) in [6.07, 6.45) is 1.83. The number of nitrogens with one attached hydrogen (secondary N) is 1. The van der Waals surface area contributed by atoms with E-state index in [0.717, 1.165) is 16.6 Å². The number of hydrogen-bond donors (Lipinski definition) is 1. The summed E-state index contributed by atoms with van der Waals surface area (Å²) in [6.45, 7) is 2.79. The summed E-state index contributed by atoms with van der Waals surface area (Å²) in [5.74, 6) is 0.636. The van der Waals surface area contributed by atoms with E-state index in [1.54, 1.807) is 11.3 Å². The lowest BCUT2D eigenvalue weighted by atomic mass is 10.7. The molecule has 1 aromatic heterocycles. The third-order valence-electron chi connectivity index (χ3n) is 1.01. The predicted octanol–water partition coefficient (Wildman–Crippen LogP) is 2.10. The van der Waals surface area contributed by atoms with Crippen molar-refractivity contribution < 1.29 is 0 Å². The molecule has 0 aromatic carbocycles. The van der Waals surface area contributed by atoms with Crippen LogP contribution in [0.1, 0.15) is 5.01 Å². The molecule has 10 heavy (non-hydrogen) atoms. The number of anilines is 1. The van der Waals surface area contributed by atoms with Crippen LogP contribution in [0.5, 0.6) is 0 Å². The molecular formula is C6H9ClN2S. The van der Waals surface area contributed by atoms with Gasteiger partial charge in [0.1, 0.15) is 5.00 Å². The Labute approximate surface area is 69.2 Å². The third-order valence-corrected chi connectivity index (χ3v) is 2.07. The van der Waals surface area contributed by atoms with Gasteiger partial charge in [0.25, 0.3) is 0 Å². The highest BCUT2D eigenvalue weighted by atomic mass is 35.5. The Morgan fingerprint density at radius 3 is 3.10 bits per heavy atom. The molecule has 0 spiro atoms. The molecule has 0 aliphatic carbocycles. The largest absolute Gasteiger partial charge is 0.374 e. The van der Waals surface area contributed by atoms with E-state index in [0.29, 0.717) is 5.88 Å². The van der Waals surface area contributed by atoms with E-state index < -0.39 is 0 Å². The first kappa shape index (κ1) is 7.82. The summed E-state index contributed by atoms with van der Waals surface area (Å²) in [7, 11) is 0. The average molecular weight is 177 g/mol. The smallest absolute Gasteiger partial charge is 0.109 e. The quantitative estimate of drug-likeness (QED) is 0.714. The van der Waals surface area contributed by atoms with E-state index in [1.807, 2.05) is 13.1 Å². The number of rotatable bonds is 3. The lowest BCUT2D eigenvalue weighted by Crippen LogP contribution is -1.99. The van der Waals surface area contributed by atoms with Crippen molar-refractivity contribution in [1.29, 1.82) is 0 Å². The van der Waals surface area contributed by atoms with Crippen molar-refractivity contribution in [3.63, 3.8) is 0 Å². The lowest BCUT2D eigenvalue weighted by Gasteiger charge is -1.95. The molecule has 0 aliphatic heterocycles. The summed E-state index contributed by atoms with van der Waals surface area (Å²) in [5.41, 5.74) is 0. The van der Waals surface area contributed by atoms with E-state index in [-0.39, 0.29) is 0 Å². The van der Waals surface area contributed by atoms with E-state index in [2.05, 4.69) is 10.3 Å². The van der Waals surface area contributed by atoms with Gasteiger partial charge in [-0.25, -0.2) is 4.98 Å². The SMILES string of the molecule is Cc1ncc(NCCCl)s1. The number of nitrogens with zero attached hydrogens (tertiary/aromatic N) is 1. The Balaban J connectivity index is 2.42. The van der Waals surface area contributed by atoms with E-state index in [4.69, 9.17) is 11.6 Å². The van der Waals surface area contributed by atoms with Gasteiger partial charge in [-0.2, -0.15) is 0 Å². The molecule has 1 rings (SSSR count). The topological polar surface area (TPSA) is 24.9 Å². The minimum absolute atomic E-state index is 0.636. The minimum Gasteiger partial charge on any atom is -0.374 e. The van der Waals surface area contributed by atoms with Gasteiger partial charge in [-0.1, -0.05) is 0 Å². The molecule has 0 fully saturated rings. The van der Waals surface area contributed by atoms with Crippen LogP contribution < -0.4 is 5.32 Å². The van der Waals surface area contributed by atoms with Gasteiger partial charge >= 0.3 is 0 Å². The van der Waals surface area contributed by atoms with Gasteiger partial charge in [-0.15, -0.1) is 22.9 Å². The lowest BCUT2D eigenvalue weighted by molar-refractivity contribution is 1.22. The highest BCUT2D eigenvalue weighted by molar-refractivity contribution is 7.15. The van der Waals surface area contributed by atoms with Crippen LogP contribution in [0.15, 0.2) is 6.20 Å². The van der Waals surface area contributed by atoms with Crippen molar-refractivity contribution in [2.24, 2.45) is 0 Å².